The van der Waals surface area contributed by atoms with Gasteiger partial charge in [0, 0.05) is 13.0 Å². The maximum absolute atomic E-state index is 12.7. The van der Waals surface area contributed by atoms with Crippen molar-refractivity contribution in [2.45, 2.75) is 30.7 Å². The van der Waals surface area contributed by atoms with Crippen LogP contribution in [0.1, 0.15) is 12.0 Å². The van der Waals surface area contributed by atoms with Crippen molar-refractivity contribution in [2.24, 2.45) is 5.73 Å². The molecule has 0 saturated carbocycles. The van der Waals surface area contributed by atoms with Crippen LogP contribution in [0, 0.1) is 0 Å². The first-order chi connectivity index (χ1) is 9.73. The molecular formula is C14H17F3N2O2. The summed E-state index contributed by atoms with van der Waals surface area (Å²) in [6.07, 6.45) is -5.01. The molecule has 0 aliphatic carbocycles. The van der Waals surface area contributed by atoms with E-state index >= 15 is 0 Å². The largest absolute Gasteiger partial charge is 0.419 e. The van der Waals surface area contributed by atoms with E-state index in [2.05, 4.69) is 0 Å². The number of nitrogens with zero attached hydrogens (tertiary/aromatic N) is 1. The fourth-order valence-corrected chi connectivity index (χ4v) is 2.40. The van der Waals surface area contributed by atoms with E-state index in [1.807, 2.05) is 6.07 Å². The Labute approximate surface area is 120 Å². The molecule has 1 aromatic carbocycles. The number of rotatable bonds is 3. The predicted molar refractivity (Wildman–Crippen MR) is 70.3 cm³/mol. The third kappa shape index (κ3) is 3.36. The van der Waals surface area contributed by atoms with Gasteiger partial charge in [0.25, 0.3) is 0 Å². The number of benzene rings is 1. The van der Waals surface area contributed by atoms with Gasteiger partial charge in [0.2, 0.25) is 5.91 Å². The fraction of sp³-hybridized carbons (Fsp3) is 0.500. The van der Waals surface area contributed by atoms with Crippen molar-refractivity contribution in [3.63, 3.8) is 0 Å². The van der Waals surface area contributed by atoms with Crippen LogP contribution < -0.4 is 5.73 Å². The lowest BCUT2D eigenvalue weighted by Gasteiger charge is -2.26. The molecule has 7 heteroatoms. The van der Waals surface area contributed by atoms with Gasteiger partial charge in [-0.2, -0.15) is 13.2 Å². The van der Waals surface area contributed by atoms with Gasteiger partial charge in [-0.25, -0.2) is 0 Å². The molecule has 0 bridgehead atoms. The topological polar surface area (TPSA) is 66.6 Å². The number of β-amino-alcohol motifs (C(OH)–C–C–N with tert-alkyl or cyclic N) is 1. The number of halogens is 3. The Kier molecular flexibility index (Phi) is 4.25. The zero-order chi connectivity index (χ0) is 15.7. The average Bonchev–Trinajstić information content (AvgIpc) is 2.82. The zero-order valence-corrected chi connectivity index (χ0v) is 11.3. The molecule has 0 unspecified atom stereocenters. The maximum atomic E-state index is 12.7. The van der Waals surface area contributed by atoms with E-state index in [9.17, 15) is 23.1 Å². The van der Waals surface area contributed by atoms with Gasteiger partial charge in [0.1, 0.15) is 0 Å². The highest BCUT2D eigenvalue weighted by Gasteiger charge is 2.57. The smallest absolute Gasteiger partial charge is 0.379 e. The van der Waals surface area contributed by atoms with Crippen LogP contribution in [0.3, 0.4) is 0 Å². The Hall–Kier alpha value is -1.60. The SMILES string of the molecule is N[C@@H](Cc1ccccc1)C(=O)N1CC[C@](O)(C(F)(F)F)C1. The third-order valence-electron chi connectivity index (χ3n) is 3.70. The van der Waals surface area contributed by atoms with Crippen molar-refractivity contribution in [1.82, 2.24) is 4.90 Å². The van der Waals surface area contributed by atoms with E-state index in [1.54, 1.807) is 24.3 Å². The summed E-state index contributed by atoms with van der Waals surface area (Å²) in [7, 11) is 0. The van der Waals surface area contributed by atoms with Gasteiger partial charge in [-0.3, -0.25) is 4.79 Å². The highest BCUT2D eigenvalue weighted by molar-refractivity contribution is 5.82. The molecule has 0 spiro atoms. The van der Waals surface area contributed by atoms with Crippen molar-refractivity contribution >= 4 is 5.91 Å². The number of carbonyl (C=O) groups excluding carboxylic acids is 1. The molecule has 2 atom stereocenters. The summed E-state index contributed by atoms with van der Waals surface area (Å²) in [5, 5.41) is 9.56. The first-order valence-electron chi connectivity index (χ1n) is 6.60. The average molecular weight is 302 g/mol. The molecule has 4 nitrogen and oxygen atoms in total. The van der Waals surface area contributed by atoms with Crippen LogP contribution in [0.15, 0.2) is 30.3 Å². The number of hydrogen-bond acceptors (Lipinski definition) is 3. The first kappa shape index (κ1) is 15.8. The normalized spacial score (nSPS) is 24.1. The van der Waals surface area contributed by atoms with Crippen molar-refractivity contribution in [2.75, 3.05) is 13.1 Å². The summed E-state index contributed by atoms with van der Waals surface area (Å²) in [5.41, 5.74) is 3.79. The molecule has 0 aromatic heterocycles. The quantitative estimate of drug-likeness (QED) is 0.878. The molecule has 1 aliphatic heterocycles. The van der Waals surface area contributed by atoms with Crippen LogP contribution in [-0.2, 0) is 11.2 Å². The summed E-state index contributed by atoms with van der Waals surface area (Å²) in [5.74, 6) is -0.570. The number of nitrogens with two attached hydrogens (primary N) is 1. The molecule has 3 N–H and O–H groups in total. The van der Waals surface area contributed by atoms with Crippen LogP contribution in [0.5, 0.6) is 0 Å². The molecule has 21 heavy (non-hydrogen) atoms. The molecule has 1 aliphatic rings. The minimum atomic E-state index is -4.74. The number of hydrogen-bond donors (Lipinski definition) is 2. The highest BCUT2D eigenvalue weighted by Crippen LogP contribution is 2.37. The lowest BCUT2D eigenvalue weighted by molar-refractivity contribution is -0.253. The van der Waals surface area contributed by atoms with Crippen molar-refractivity contribution in [3.05, 3.63) is 35.9 Å². The van der Waals surface area contributed by atoms with Gasteiger partial charge >= 0.3 is 6.18 Å². The van der Waals surface area contributed by atoms with Crippen molar-refractivity contribution in [3.8, 4) is 0 Å². The molecular weight excluding hydrogens is 285 g/mol. The Morgan fingerprint density at radius 1 is 1.38 bits per heavy atom. The Morgan fingerprint density at radius 2 is 2.00 bits per heavy atom. The number of aliphatic hydroxyl groups is 1. The minimum Gasteiger partial charge on any atom is -0.379 e. The van der Waals surface area contributed by atoms with Crippen LogP contribution in [0.2, 0.25) is 0 Å². The molecule has 1 fully saturated rings. The Balaban J connectivity index is 1.98. The summed E-state index contributed by atoms with van der Waals surface area (Å²) in [6, 6.07) is 8.09. The minimum absolute atomic E-state index is 0.142. The number of likely N-dealkylation sites (tertiary alicyclic amines) is 1. The molecule has 2 rings (SSSR count). The van der Waals surface area contributed by atoms with Crippen LogP contribution in [0.4, 0.5) is 13.2 Å². The molecule has 1 heterocycles. The van der Waals surface area contributed by atoms with Gasteiger partial charge in [-0.1, -0.05) is 30.3 Å². The standard InChI is InChI=1S/C14H17F3N2O2/c15-14(16,17)13(21)6-7-19(9-13)12(20)11(18)8-10-4-2-1-3-5-10/h1-5,11,21H,6-9,18H2/t11-,13+/m0/s1. The van der Waals surface area contributed by atoms with Crippen LogP contribution in [0.25, 0.3) is 0 Å². The zero-order valence-electron chi connectivity index (χ0n) is 11.3. The van der Waals surface area contributed by atoms with E-state index in [1.165, 1.54) is 0 Å². The van der Waals surface area contributed by atoms with Crippen LogP contribution in [-0.4, -0.2) is 46.8 Å². The predicted octanol–water partition coefficient (Wildman–Crippen LogP) is 1.08. The summed E-state index contributed by atoms with van der Waals surface area (Å²) >= 11 is 0. The molecule has 0 radical (unpaired) electrons. The molecule has 1 amide bonds. The van der Waals surface area contributed by atoms with E-state index in [0.717, 1.165) is 10.5 Å². The van der Waals surface area contributed by atoms with E-state index in [0.29, 0.717) is 0 Å². The molecule has 1 aromatic rings. The van der Waals surface area contributed by atoms with Gasteiger partial charge in [-0.15, -0.1) is 0 Å². The Morgan fingerprint density at radius 3 is 2.52 bits per heavy atom. The van der Waals surface area contributed by atoms with Gasteiger partial charge in [0.05, 0.1) is 12.6 Å². The monoisotopic (exact) mass is 302 g/mol. The first-order valence-corrected chi connectivity index (χ1v) is 6.60. The highest BCUT2D eigenvalue weighted by atomic mass is 19.4. The molecule has 1 saturated heterocycles. The second-order valence-corrected chi connectivity index (χ2v) is 5.34. The lowest BCUT2D eigenvalue weighted by Crippen LogP contribution is -2.50. The van der Waals surface area contributed by atoms with E-state index in [4.69, 9.17) is 5.73 Å². The van der Waals surface area contributed by atoms with Crippen LogP contribution >= 0.6 is 0 Å². The third-order valence-corrected chi connectivity index (χ3v) is 3.70. The summed E-state index contributed by atoms with van der Waals surface area (Å²) in [4.78, 5) is 13.1. The second-order valence-electron chi connectivity index (χ2n) is 5.34. The summed E-state index contributed by atoms with van der Waals surface area (Å²) in [6.45, 7) is -0.894. The van der Waals surface area contributed by atoms with Crippen molar-refractivity contribution in [1.29, 1.82) is 0 Å². The van der Waals surface area contributed by atoms with Gasteiger partial charge in [-0.05, 0) is 12.0 Å². The van der Waals surface area contributed by atoms with Crippen molar-refractivity contribution < 1.29 is 23.1 Å². The van der Waals surface area contributed by atoms with E-state index in [-0.39, 0.29) is 13.0 Å². The van der Waals surface area contributed by atoms with E-state index < -0.39 is 36.7 Å². The summed E-state index contributed by atoms with van der Waals surface area (Å²) < 4.78 is 38.1. The number of amides is 1. The van der Waals surface area contributed by atoms with Gasteiger partial charge in [0.15, 0.2) is 5.60 Å². The fourth-order valence-electron chi connectivity index (χ4n) is 2.40. The maximum Gasteiger partial charge on any atom is 0.419 e. The second kappa shape index (κ2) is 5.65. The Bertz CT molecular complexity index is 507. The number of carbonyl (C=O) groups is 1. The number of alkyl halides is 3. The lowest BCUT2D eigenvalue weighted by atomic mass is 10.0. The van der Waals surface area contributed by atoms with Gasteiger partial charge < -0.3 is 15.7 Å². The molecule has 116 valence electrons.